The van der Waals surface area contributed by atoms with E-state index in [1.165, 1.54) is 12.1 Å². The largest absolute Gasteiger partial charge is 0.392 e. The molecule has 4 N–H and O–H groups in total. The Morgan fingerprint density at radius 2 is 1.54 bits per heavy atom. The molecular weight excluding hydrogens is 360 g/mol. The molecule has 1 atom stereocenters. The van der Waals surface area contributed by atoms with Crippen LogP contribution in [0.25, 0.3) is 11.0 Å². The average molecular weight is 382 g/mol. The fraction of sp³-hybridized carbons (Fsp3) is 0.263. The maximum Gasteiger partial charge on any atom is 0.269 e. The summed E-state index contributed by atoms with van der Waals surface area (Å²) in [5.41, 5.74) is 2.40. The lowest BCUT2D eigenvalue weighted by atomic mass is 10.3. The smallest absolute Gasteiger partial charge is 0.269 e. The number of para-hydroxylation sites is 2. The van der Waals surface area contributed by atoms with Crippen LogP contribution in [0.15, 0.2) is 48.5 Å². The molecule has 146 valence electrons. The van der Waals surface area contributed by atoms with E-state index in [4.69, 9.17) is 0 Å². The fourth-order valence-corrected chi connectivity index (χ4v) is 2.58. The van der Waals surface area contributed by atoms with Crippen molar-refractivity contribution in [1.82, 2.24) is 9.97 Å². The van der Waals surface area contributed by atoms with E-state index >= 15 is 0 Å². The Bertz CT molecular complexity index is 946. The van der Waals surface area contributed by atoms with Gasteiger partial charge in [-0.05, 0) is 31.2 Å². The van der Waals surface area contributed by atoms with Gasteiger partial charge in [0.1, 0.15) is 0 Å². The van der Waals surface area contributed by atoms with Crippen LogP contribution in [-0.4, -0.2) is 45.7 Å². The molecule has 0 saturated carbocycles. The first-order chi connectivity index (χ1) is 13.5. The molecule has 0 saturated heterocycles. The molecule has 0 amide bonds. The molecule has 0 fully saturated rings. The number of aliphatic hydroxyl groups is 1. The van der Waals surface area contributed by atoms with E-state index in [1.54, 1.807) is 19.1 Å². The predicted octanol–water partition coefficient (Wildman–Crippen LogP) is 2.85. The highest BCUT2D eigenvalue weighted by Gasteiger charge is 2.09. The quantitative estimate of drug-likeness (QED) is 0.253. The van der Waals surface area contributed by atoms with Crippen LogP contribution in [0.2, 0.25) is 0 Å². The summed E-state index contributed by atoms with van der Waals surface area (Å²) in [4.78, 5) is 19.5. The highest BCUT2D eigenvalue weighted by Crippen LogP contribution is 2.21. The van der Waals surface area contributed by atoms with Gasteiger partial charge in [0.05, 0.1) is 22.1 Å². The number of anilines is 3. The molecule has 1 heterocycles. The number of aliphatic hydroxyl groups excluding tert-OH is 1. The van der Waals surface area contributed by atoms with Crippen molar-refractivity contribution < 1.29 is 10.0 Å². The van der Waals surface area contributed by atoms with Gasteiger partial charge < -0.3 is 21.1 Å². The average Bonchev–Trinajstić information content (AvgIpc) is 2.69. The third kappa shape index (κ3) is 5.04. The summed E-state index contributed by atoms with van der Waals surface area (Å²) in [6, 6.07) is 13.8. The lowest BCUT2D eigenvalue weighted by Crippen LogP contribution is -2.19. The van der Waals surface area contributed by atoms with Gasteiger partial charge in [-0.25, -0.2) is 9.97 Å². The van der Waals surface area contributed by atoms with E-state index < -0.39 is 11.0 Å². The summed E-state index contributed by atoms with van der Waals surface area (Å²) in [5, 5.41) is 29.8. The second-order valence-electron chi connectivity index (χ2n) is 6.30. The molecule has 0 unspecified atom stereocenters. The van der Waals surface area contributed by atoms with Gasteiger partial charge in [0.25, 0.3) is 5.69 Å². The first-order valence-corrected chi connectivity index (χ1v) is 8.94. The second kappa shape index (κ2) is 8.96. The van der Waals surface area contributed by atoms with Crippen molar-refractivity contribution in [3.8, 4) is 0 Å². The van der Waals surface area contributed by atoms with Crippen LogP contribution in [0.3, 0.4) is 0 Å². The topological polar surface area (TPSA) is 125 Å². The molecule has 3 rings (SSSR count). The van der Waals surface area contributed by atoms with Crippen LogP contribution in [-0.2, 0) is 0 Å². The Labute approximate surface area is 162 Å². The van der Waals surface area contributed by atoms with Gasteiger partial charge in [0, 0.05) is 37.5 Å². The van der Waals surface area contributed by atoms with Gasteiger partial charge in [-0.15, -0.1) is 0 Å². The van der Waals surface area contributed by atoms with Gasteiger partial charge >= 0.3 is 0 Å². The van der Waals surface area contributed by atoms with Crippen molar-refractivity contribution in [2.45, 2.75) is 13.0 Å². The Balaban J connectivity index is 1.63. The number of aromatic nitrogens is 2. The molecular formula is C19H22N6O3. The van der Waals surface area contributed by atoms with Crippen LogP contribution < -0.4 is 16.0 Å². The summed E-state index contributed by atoms with van der Waals surface area (Å²) >= 11 is 0. The van der Waals surface area contributed by atoms with E-state index in [0.717, 1.165) is 16.7 Å². The normalized spacial score (nSPS) is 11.8. The molecule has 0 aliphatic heterocycles. The van der Waals surface area contributed by atoms with E-state index in [0.29, 0.717) is 31.3 Å². The number of hydrogen-bond donors (Lipinski definition) is 4. The van der Waals surface area contributed by atoms with Gasteiger partial charge in [-0.3, -0.25) is 10.1 Å². The second-order valence-corrected chi connectivity index (χ2v) is 6.30. The van der Waals surface area contributed by atoms with Crippen molar-refractivity contribution in [2.75, 3.05) is 35.6 Å². The van der Waals surface area contributed by atoms with Crippen molar-refractivity contribution in [1.29, 1.82) is 0 Å². The summed E-state index contributed by atoms with van der Waals surface area (Å²) in [5.74, 6) is 1.18. The number of nitrogens with zero attached hydrogens (tertiary/aromatic N) is 3. The number of rotatable bonds is 9. The highest BCUT2D eigenvalue weighted by molar-refractivity contribution is 5.80. The summed E-state index contributed by atoms with van der Waals surface area (Å²) in [6.45, 7) is 3.21. The van der Waals surface area contributed by atoms with Crippen molar-refractivity contribution in [2.24, 2.45) is 0 Å². The Kier molecular flexibility index (Phi) is 6.18. The van der Waals surface area contributed by atoms with Gasteiger partial charge in [0.2, 0.25) is 0 Å². The number of nitrogens with one attached hydrogen (secondary N) is 3. The molecule has 2 aromatic carbocycles. The number of nitro groups is 1. The Morgan fingerprint density at radius 3 is 2.11 bits per heavy atom. The lowest BCUT2D eigenvalue weighted by Gasteiger charge is -2.14. The lowest BCUT2D eigenvalue weighted by molar-refractivity contribution is -0.384. The van der Waals surface area contributed by atoms with E-state index in [1.807, 2.05) is 24.3 Å². The van der Waals surface area contributed by atoms with Crippen LogP contribution in [0.1, 0.15) is 6.92 Å². The Morgan fingerprint density at radius 1 is 0.964 bits per heavy atom. The standard InChI is InChI=1S/C19H22N6O3/c1-13(26)12-22-19-18(23-16-4-2-3-5-17(16)24-19)21-11-10-20-14-6-8-15(9-7-14)25(27)28/h2-9,13,20,26H,10-12H2,1H3,(H,21,23)(H,22,24)/t13-/m0/s1. The van der Waals surface area contributed by atoms with Crippen LogP contribution in [0, 0.1) is 10.1 Å². The molecule has 0 spiro atoms. The third-order valence-corrected chi connectivity index (χ3v) is 3.96. The molecule has 0 radical (unpaired) electrons. The maximum atomic E-state index is 10.7. The van der Waals surface area contributed by atoms with Crippen molar-refractivity contribution in [3.63, 3.8) is 0 Å². The zero-order chi connectivity index (χ0) is 19.9. The number of non-ortho nitro benzene ring substituents is 1. The number of benzene rings is 2. The van der Waals surface area contributed by atoms with E-state index in [-0.39, 0.29) is 5.69 Å². The van der Waals surface area contributed by atoms with Crippen LogP contribution >= 0.6 is 0 Å². The molecule has 0 aliphatic rings. The number of nitro benzene ring substituents is 1. The molecule has 9 heteroatoms. The predicted molar refractivity (Wildman–Crippen MR) is 110 cm³/mol. The molecule has 9 nitrogen and oxygen atoms in total. The molecule has 0 bridgehead atoms. The Hall–Kier alpha value is -3.46. The number of hydrogen-bond acceptors (Lipinski definition) is 8. The van der Waals surface area contributed by atoms with Crippen molar-refractivity contribution in [3.05, 3.63) is 58.6 Å². The van der Waals surface area contributed by atoms with E-state index in [9.17, 15) is 15.2 Å². The van der Waals surface area contributed by atoms with Gasteiger partial charge in [-0.1, -0.05) is 12.1 Å². The minimum absolute atomic E-state index is 0.0592. The molecule has 0 aliphatic carbocycles. The molecule has 1 aromatic heterocycles. The fourth-order valence-electron chi connectivity index (χ4n) is 2.58. The van der Waals surface area contributed by atoms with Gasteiger partial charge in [0.15, 0.2) is 11.6 Å². The SMILES string of the molecule is C[C@H](O)CNc1nc2ccccc2nc1NCCNc1ccc([N+](=O)[O-])cc1. The van der Waals surface area contributed by atoms with Crippen LogP contribution in [0.4, 0.5) is 23.0 Å². The first kappa shape index (κ1) is 19.3. The summed E-state index contributed by atoms with van der Waals surface area (Å²) in [7, 11) is 0. The monoisotopic (exact) mass is 382 g/mol. The first-order valence-electron chi connectivity index (χ1n) is 8.94. The summed E-state index contributed by atoms with van der Waals surface area (Å²) < 4.78 is 0. The third-order valence-electron chi connectivity index (χ3n) is 3.96. The zero-order valence-corrected chi connectivity index (χ0v) is 15.4. The highest BCUT2D eigenvalue weighted by atomic mass is 16.6. The van der Waals surface area contributed by atoms with Crippen LogP contribution in [0.5, 0.6) is 0 Å². The minimum Gasteiger partial charge on any atom is -0.392 e. The van der Waals surface area contributed by atoms with E-state index in [2.05, 4.69) is 25.9 Å². The summed E-state index contributed by atoms with van der Waals surface area (Å²) in [6.07, 6.45) is -0.509. The molecule has 3 aromatic rings. The zero-order valence-electron chi connectivity index (χ0n) is 15.4. The number of fused-ring (bicyclic) bond motifs is 1. The molecule has 28 heavy (non-hydrogen) atoms. The maximum absolute atomic E-state index is 10.7. The minimum atomic E-state index is -0.509. The van der Waals surface area contributed by atoms with Crippen molar-refractivity contribution >= 4 is 34.0 Å². The van der Waals surface area contributed by atoms with Gasteiger partial charge in [-0.2, -0.15) is 0 Å².